The van der Waals surface area contributed by atoms with Gasteiger partial charge < -0.3 is 19.4 Å². The van der Waals surface area contributed by atoms with Crippen molar-refractivity contribution in [2.24, 2.45) is 5.14 Å². The van der Waals surface area contributed by atoms with Crippen LogP contribution in [0.1, 0.15) is 12.2 Å². The minimum absolute atomic E-state index is 0.0791. The third-order valence-electron chi connectivity index (χ3n) is 3.10. The van der Waals surface area contributed by atoms with E-state index in [1.165, 1.54) is 12.1 Å². The number of rotatable bonds is 6. The van der Waals surface area contributed by atoms with Crippen LogP contribution in [0.2, 0.25) is 0 Å². The Morgan fingerprint density at radius 1 is 1.33 bits per heavy atom. The van der Waals surface area contributed by atoms with Crippen LogP contribution < -0.4 is 10.5 Å². The van der Waals surface area contributed by atoms with Gasteiger partial charge in [-0.2, -0.15) is 0 Å². The fraction of sp³-hybridized carbons (Fsp3) is 0.583. The van der Waals surface area contributed by atoms with E-state index in [-0.39, 0.29) is 11.0 Å². The van der Waals surface area contributed by atoms with Gasteiger partial charge >= 0.3 is 0 Å². The third kappa shape index (κ3) is 4.81. The zero-order chi connectivity index (χ0) is 15.3. The molecule has 0 aromatic carbocycles. The van der Waals surface area contributed by atoms with E-state index in [9.17, 15) is 13.2 Å². The molecule has 21 heavy (non-hydrogen) atoms. The van der Waals surface area contributed by atoms with E-state index in [1.54, 1.807) is 4.90 Å². The number of hydrogen-bond donors (Lipinski definition) is 2. The molecule has 8 nitrogen and oxygen atoms in total. The highest BCUT2D eigenvalue weighted by Crippen LogP contribution is 2.11. The average Bonchev–Trinajstić information content (AvgIpc) is 2.93. The normalized spacial score (nSPS) is 16.1. The Morgan fingerprint density at radius 3 is 2.67 bits per heavy atom. The fourth-order valence-electron chi connectivity index (χ4n) is 1.98. The van der Waals surface area contributed by atoms with Crippen molar-refractivity contribution in [2.75, 3.05) is 32.8 Å². The van der Waals surface area contributed by atoms with Gasteiger partial charge in [0, 0.05) is 26.1 Å². The quantitative estimate of drug-likeness (QED) is 0.668. The molecule has 9 heteroatoms. The van der Waals surface area contributed by atoms with Crippen molar-refractivity contribution in [1.82, 2.24) is 10.2 Å². The first-order valence-corrected chi connectivity index (χ1v) is 8.19. The molecule has 0 atom stereocenters. The van der Waals surface area contributed by atoms with Gasteiger partial charge in [0.15, 0.2) is 0 Å². The maximum absolute atomic E-state index is 11.9. The van der Waals surface area contributed by atoms with Crippen LogP contribution >= 0.6 is 0 Å². The highest BCUT2D eigenvalue weighted by atomic mass is 32.2. The third-order valence-corrected chi connectivity index (χ3v) is 3.88. The molecule has 118 valence electrons. The average molecular weight is 317 g/mol. The molecule has 1 amide bonds. The Balaban J connectivity index is 1.70. The van der Waals surface area contributed by atoms with Gasteiger partial charge in [0.2, 0.25) is 11.0 Å². The first-order valence-electron chi connectivity index (χ1n) is 6.64. The van der Waals surface area contributed by atoms with E-state index in [4.69, 9.17) is 14.3 Å². The SMILES string of the molecule is NS(=O)(=O)c1ccc(CNCCC(=O)N2CCOCC2)o1. The molecule has 0 bridgehead atoms. The zero-order valence-electron chi connectivity index (χ0n) is 11.6. The van der Waals surface area contributed by atoms with Gasteiger partial charge in [-0.1, -0.05) is 0 Å². The van der Waals surface area contributed by atoms with E-state index in [1.807, 2.05) is 0 Å². The molecule has 1 aliphatic heterocycles. The van der Waals surface area contributed by atoms with Crippen LogP contribution in [0.25, 0.3) is 0 Å². The number of morpholine rings is 1. The number of nitrogens with one attached hydrogen (secondary N) is 1. The molecule has 1 fully saturated rings. The molecule has 1 aliphatic rings. The number of amides is 1. The Bertz CT molecular complexity index is 577. The van der Waals surface area contributed by atoms with Gasteiger partial charge in [0.1, 0.15) is 5.76 Å². The molecule has 1 aromatic rings. The predicted octanol–water partition coefficient (Wildman–Crippen LogP) is -0.734. The number of nitrogens with two attached hydrogens (primary N) is 1. The molecule has 1 aromatic heterocycles. The number of carbonyl (C=O) groups is 1. The van der Waals surface area contributed by atoms with Crippen LogP contribution in [-0.4, -0.2) is 52.1 Å². The summed E-state index contributed by atoms with van der Waals surface area (Å²) >= 11 is 0. The highest BCUT2D eigenvalue weighted by Gasteiger charge is 2.16. The molecule has 0 radical (unpaired) electrons. The standard InChI is InChI=1S/C12H19N3O5S/c13-21(17,18)12-2-1-10(20-12)9-14-4-3-11(16)15-5-7-19-8-6-15/h1-2,14H,3-9H2,(H2,13,17,18). The number of carbonyl (C=O) groups excluding carboxylic acids is 1. The van der Waals surface area contributed by atoms with Gasteiger partial charge in [0.25, 0.3) is 10.0 Å². The number of nitrogens with zero attached hydrogens (tertiary/aromatic N) is 1. The zero-order valence-corrected chi connectivity index (χ0v) is 12.4. The van der Waals surface area contributed by atoms with Gasteiger partial charge in [-0.25, -0.2) is 13.6 Å². The molecule has 3 N–H and O–H groups in total. The first-order chi connectivity index (χ1) is 9.97. The second kappa shape index (κ2) is 7.03. The smallest absolute Gasteiger partial charge is 0.271 e. The lowest BCUT2D eigenvalue weighted by atomic mass is 10.3. The largest absolute Gasteiger partial charge is 0.447 e. The lowest BCUT2D eigenvalue weighted by Gasteiger charge is -2.26. The second-order valence-electron chi connectivity index (χ2n) is 4.69. The minimum atomic E-state index is -3.81. The summed E-state index contributed by atoms with van der Waals surface area (Å²) in [6, 6.07) is 2.85. The summed E-state index contributed by atoms with van der Waals surface area (Å²) in [5.41, 5.74) is 0. The minimum Gasteiger partial charge on any atom is -0.447 e. The molecule has 0 spiro atoms. The monoisotopic (exact) mass is 317 g/mol. The van der Waals surface area contributed by atoms with E-state index in [0.29, 0.717) is 51.6 Å². The van der Waals surface area contributed by atoms with Crippen molar-refractivity contribution >= 4 is 15.9 Å². The van der Waals surface area contributed by atoms with Crippen molar-refractivity contribution in [2.45, 2.75) is 18.1 Å². The molecular formula is C12H19N3O5S. The summed E-state index contributed by atoms with van der Waals surface area (Å²) in [4.78, 5) is 13.6. The number of sulfonamides is 1. The second-order valence-corrected chi connectivity index (χ2v) is 6.18. The number of furan rings is 1. The van der Waals surface area contributed by atoms with Crippen LogP contribution in [-0.2, 0) is 26.1 Å². The topological polar surface area (TPSA) is 115 Å². The van der Waals surface area contributed by atoms with Crippen molar-refractivity contribution in [1.29, 1.82) is 0 Å². The number of primary sulfonamides is 1. The van der Waals surface area contributed by atoms with Gasteiger partial charge in [-0.05, 0) is 12.1 Å². The Hall–Kier alpha value is -1.42. The van der Waals surface area contributed by atoms with Crippen molar-refractivity contribution < 1.29 is 22.4 Å². The molecule has 0 aliphatic carbocycles. The van der Waals surface area contributed by atoms with Crippen LogP contribution in [0, 0.1) is 0 Å². The van der Waals surface area contributed by atoms with E-state index >= 15 is 0 Å². The van der Waals surface area contributed by atoms with Crippen LogP contribution in [0.3, 0.4) is 0 Å². The lowest BCUT2D eigenvalue weighted by Crippen LogP contribution is -2.41. The van der Waals surface area contributed by atoms with Crippen LogP contribution in [0.5, 0.6) is 0 Å². The lowest BCUT2D eigenvalue weighted by molar-refractivity contribution is -0.135. The van der Waals surface area contributed by atoms with Gasteiger partial charge in [-0.3, -0.25) is 4.79 Å². The van der Waals surface area contributed by atoms with Gasteiger partial charge in [0.05, 0.1) is 19.8 Å². The fourth-order valence-corrected chi connectivity index (χ4v) is 2.46. The predicted molar refractivity (Wildman–Crippen MR) is 73.8 cm³/mol. The van der Waals surface area contributed by atoms with E-state index in [2.05, 4.69) is 5.32 Å². The Labute approximate surface area is 123 Å². The Morgan fingerprint density at radius 2 is 2.05 bits per heavy atom. The summed E-state index contributed by atoms with van der Waals surface area (Å²) in [6.45, 7) is 3.26. The summed E-state index contributed by atoms with van der Waals surface area (Å²) in [6.07, 6.45) is 0.378. The van der Waals surface area contributed by atoms with E-state index < -0.39 is 10.0 Å². The first kappa shape index (κ1) is 16.0. The molecule has 2 rings (SSSR count). The number of hydrogen-bond acceptors (Lipinski definition) is 6. The molecule has 1 saturated heterocycles. The molecular weight excluding hydrogens is 298 g/mol. The number of ether oxygens (including phenoxy) is 1. The Kier molecular flexibility index (Phi) is 5.34. The maximum Gasteiger partial charge on any atom is 0.271 e. The van der Waals surface area contributed by atoms with Crippen LogP contribution in [0.15, 0.2) is 21.6 Å². The summed E-state index contributed by atoms with van der Waals surface area (Å²) < 4.78 is 32.4. The molecule has 2 heterocycles. The van der Waals surface area contributed by atoms with Crippen molar-refractivity contribution in [3.8, 4) is 0 Å². The summed E-state index contributed by atoms with van der Waals surface area (Å²) in [5, 5.41) is 7.71. The molecule has 0 saturated carbocycles. The van der Waals surface area contributed by atoms with Crippen molar-refractivity contribution in [3.63, 3.8) is 0 Å². The molecule has 0 unspecified atom stereocenters. The van der Waals surface area contributed by atoms with Gasteiger partial charge in [-0.15, -0.1) is 0 Å². The highest BCUT2D eigenvalue weighted by molar-refractivity contribution is 7.89. The summed E-state index contributed by atoms with van der Waals surface area (Å²) in [5.74, 6) is 0.535. The maximum atomic E-state index is 11.9. The van der Waals surface area contributed by atoms with E-state index in [0.717, 1.165) is 0 Å². The summed E-state index contributed by atoms with van der Waals surface area (Å²) in [7, 11) is -3.81. The van der Waals surface area contributed by atoms with Crippen LogP contribution in [0.4, 0.5) is 0 Å². The van der Waals surface area contributed by atoms with Crippen molar-refractivity contribution in [3.05, 3.63) is 17.9 Å².